The molecule has 0 atom stereocenters. The molecule has 0 aromatic heterocycles. The molecular weight excluding hydrogens is 365 g/mol. The molecule has 0 radical (unpaired) electrons. The number of halogens is 2. The molecule has 0 saturated heterocycles. The molecule has 2 rings (SSSR count). The Bertz CT molecular complexity index is 729. The second kappa shape index (κ2) is 6.86. The summed E-state index contributed by atoms with van der Waals surface area (Å²) in [7, 11) is -4.11. The van der Waals surface area contributed by atoms with Gasteiger partial charge in [0.1, 0.15) is 6.61 Å². The number of hydrogen-bond acceptors (Lipinski definition) is 5. The molecule has 1 aliphatic rings. The van der Waals surface area contributed by atoms with Crippen LogP contribution in [0.15, 0.2) is 24.0 Å². The van der Waals surface area contributed by atoms with Crippen LogP contribution in [0.3, 0.4) is 0 Å². The molecule has 0 bridgehead atoms. The molecule has 1 aliphatic heterocycles. The Morgan fingerprint density at radius 3 is 2.39 bits per heavy atom. The maximum atomic E-state index is 11.0. The van der Waals surface area contributed by atoms with Crippen LogP contribution in [0.4, 0.5) is 0 Å². The lowest BCUT2D eigenvalue weighted by Gasteiger charge is -2.26. The van der Waals surface area contributed by atoms with Gasteiger partial charge in [-0.15, -0.1) is 0 Å². The highest BCUT2D eigenvalue weighted by Crippen LogP contribution is 2.42. The van der Waals surface area contributed by atoms with Crippen LogP contribution in [-0.2, 0) is 24.0 Å². The minimum Gasteiger partial charge on any atom is -0.450 e. The van der Waals surface area contributed by atoms with Crippen LogP contribution < -0.4 is 5.14 Å². The largest absolute Gasteiger partial charge is 0.450 e. The van der Waals surface area contributed by atoms with E-state index in [9.17, 15) is 8.42 Å². The molecule has 1 heterocycles. The molecule has 0 amide bonds. The summed E-state index contributed by atoms with van der Waals surface area (Å²) in [5, 5.41) is 5.69. The van der Waals surface area contributed by atoms with Crippen LogP contribution in [0.5, 0.6) is 0 Å². The average Bonchev–Trinajstić information content (AvgIpc) is 2.84. The third-order valence-corrected chi connectivity index (χ3v) is 4.45. The summed E-state index contributed by atoms with van der Waals surface area (Å²) in [6.45, 7) is 3.41. The van der Waals surface area contributed by atoms with Crippen molar-refractivity contribution in [1.82, 2.24) is 0 Å². The van der Waals surface area contributed by atoms with Gasteiger partial charge in [0.15, 0.2) is 11.5 Å². The van der Waals surface area contributed by atoms with E-state index in [0.717, 1.165) is 0 Å². The highest BCUT2D eigenvalue weighted by Gasteiger charge is 2.41. The first kappa shape index (κ1) is 18.4. The zero-order valence-electron chi connectivity index (χ0n) is 12.6. The van der Waals surface area contributed by atoms with E-state index in [0.29, 0.717) is 34.2 Å². The molecular formula is C14H17Cl2NO5S. The van der Waals surface area contributed by atoms with Crippen molar-refractivity contribution in [3.05, 3.63) is 39.6 Å². The van der Waals surface area contributed by atoms with Crippen molar-refractivity contribution in [3.63, 3.8) is 0 Å². The minimum absolute atomic E-state index is 0.215. The van der Waals surface area contributed by atoms with Crippen molar-refractivity contribution in [1.29, 1.82) is 0 Å². The molecule has 0 fully saturated rings. The zero-order chi connectivity index (χ0) is 17.3. The summed E-state index contributed by atoms with van der Waals surface area (Å²) >= 11 is 12.1. The van der Waals surface area contributed by atoms with E-state index in [1.54, 1.807) is 18.2 Å². The van der Waals surface area contributed by atoms with Crippen molar-refractivity contribution in [2.24, 2.45) is 5.14 Å². The first-order valence-corrected chi connectivity index (χ1v) is 9.16. The summed E-state index contributed by atoms with van der Waals surface area (Å²) in [4.78, 5) is 0. The van der Waals surface area contributed by atoms with Crippen LogP contribution in [0, 0.1) is 0 Å². The molecule has 128 valence electrons. The number of ether oxygens (including phenoxy) is 2. The van der Waals surface area contributed by atoms with Crippen LogP contribution in [0.25, 0.3) is 5.76 Å². The van der Waals surface area contributed by atoms with Crippen molar-refractivity contribution in [3.8, 4) is 0 Å². The minimum atomic E-state index is -4.11. The Balaban J connectivity index is 2.42. The molecule has 9 heteroatoms. The van der Waals surface area contributed by atoms with E-state index >= 15 is 0 Å². The van der Waals surface area contributed by atoms with E-state index in [1.165, 1.54) is 0 Å². The van der Waals surface area contributed by atoms with E-state index in [1.807, 2.05) is 13.8 Å². The monoisotopic (exact) mass is 381 g/mol. The summed E-state index contributed by atoms with van der Waals surface area (Å²) < 4.78 is 38.5. The lowest BCUT2D eigenvalue weighted by molar-refractivity contribution is -0.148. The topological polar surface area (TPSA) is 87.9 Å². The van der Waals surface area contributed by atoms with Crippen molar-refractivity contribution in [2.45, 2.75) is 32.5 Å². The predicted octanol–water partition coefficient (Wildman–Crippen LogP) is 3.45. The summed E-state index contributed by atoms with van der Waals surface area (Å²) in [6.07, 6.45) is 1.11. The molecule has 1 aromatic carbocycles. The summed E-state index contributed by atoms with van der Waals surface area (Å²) in [5.41, 5.74) is 0.535. The molecule has 0 aliphatic carbocycles. The maximum absolute atomic E-state index is 11.0. The molecule has 2 N–H and O–H groups in total. The predicted molar refractivity (Wildman–Crippen MR) is 87.9 cm³/mol. The number of nitrogens with two attached hydrogens (primary N) is 1. The van der Waals surface area contributed by atoms with Gasteiger partial charge in [0.05, 0.1) is 5.02 Å². The van der Waals surface area contributed by atoms with Crippen LogP contribution in [0.1, 0.15) is 32.3 Å². The SMILES string of the molecule is CCC1(CC)OC(COS(N)(=O)=O)=C(c2ccc(Cl)cc2Cl)O1. The molecule has 0 spiro atoms. The third kappa shape index (κ3) is 4.30. The van der Waals surface area contributed by atoms with E-state index < -0.39 is 16.1 Å². The summed E-state index contributed by atoms with van der Waals surface area (Å²) in [5.74, 6) is -0.360. The summed E-state index contributed by atoms with van der Waals surface area (Å²) in [6, 6.07) is 4.88. The van der Waals surface area contributed by atoms with Crippen LogP contribution in [-0.4, -0.2) is 20.8 Å². The van der Waals surface area contributed by atoms with Gasteiger partial charge >= 0.3 is 10.3 Å². The van der Waals surface area contributed by atoms with Crippen molar-refractivity contribution < 1.29 is 22.1 Å². The Morgan fingerprint density at radius 2 is 1.87 bits per heavy atom. The van der Waals surface area contributed by atoms with Gasteiger partial charge in [-0.25, -0.2) is 9.32 Å². The first-order valence-electron chi connectivity index (χ1n) is 6.93. The number of hydrogen-bond donors (Lipinski definition) is 1. The third-order valence-electron chi connectivity index (χ3n) is 3.46. The van der Waals surface area contributed by atoms with Gasteiger partial charge in [-0.2, -0.15) is 8.42 Å². The average molecular weight is 382 g/mol. The zero-order valence-corrected chi connectivity index (χ0v) is 15.0. The molecule has 23 heavy (non-hydrogen) atoms. The molecule has 0 saturated carbocycles. The van der Waals surface area contributed by atoms with Gasteiger partial charge in [-0.05, 0) is 18.2 Å². The fourth-order valence-corrected chi connectivity index (χ4v) is 2.95. The van der Waals surface area contributed by atoms with Crippen LogP contribution >= 0.6 is 23.2 Å². The Hall–Kier alpha value is -0.990. The van der Waals surface area contributed by atoms with Crippen molar-refractivity contribution in [2.75, 3.05) is 6.61 Å². The van der Waals surface area contributed by atoms with Gasteiger partial charge in [-0.1, -0.05) is 37.0 Å². The number of benzene rings is 1. The first-order chi connectivity index (χ1) is 10.7. The lowest BCUT2D eigenvalue weighted by atomic mass is 10.1. The van der Waals surface area contributed by atoms with Gasteiger partial charge in [0, 0.05) is 23.4 Å². The smallest absolute Gasteiger partial charge is 0.333 e. The van der Waals surface area contributed by atoms with E-state index in [-0.39, 0.29) is 12.4 Å². The lowest BCUT2D eigenvalue weighted by Crippen LogP contribution is -2.29. The van der Waals surface area contributed by atoms with Crippen molar-refractivity contribution >= 4 is 39.3 Å². The normalized spacial score (nSPS) is 17.1. The molecule has 0 unspecified atom stereocenters. The second-order valence-electron chi connectivity index (χ2n) is 4.95. The second-order valence-corrected chi connectivity index (χ2v) is 7.02. The number of rotatable bonds is 6. The van der Waals surface area contributed by atoms with Crippen LogP contribution in [0.2, 0.25) is 10.0 Å². The van der Waals surface area contributed by atoms with Gasteiger partial charge in [0.25, 0.3) is 5.79 Å². The fraction of sp³-hybridized carbons (Fsp3) is 0.429. The Labute approximate surface area is 145 Å². The van der Waals surface area contributed by atoms with Gasteiger partial charge < -0.3 is 9.47 Å². The van der Waals surface area contributed by atoms with E-state index in [4.69, 9.17) is 37.8 Å². The Kier molecular flexibility index (Phi) is 5.48. The quantitative estimate of drug-likeness (QED) is 0.814. The van der Waals surface area contributed by atoms with Gasteiger partial charge in [-0.3, -0.25) is 0 Å². The Morgan fingerprint density at radius 1 is 1.22 bits per heavy atom. The highest BCUT2D eigenvalue weighted by atomic mass is 35.5. The molecule has 6 nitrogen and oxygen atoms in total. The standard InChI is InChI=1S/C14H17Cl2NO5S/c1-3-14(4-2)21-12(8-20-23(17,18)19)13(22-14)10-6-5-9(15)7-11(10)16/h5-7H,3-4,8H2,1-2H3,(H2,17,18,19). The highest BCUT2D eigenvalue weighted by molar-refractivity contribution is 7.84. The molecule has 1 aromatic rings. The van der Waals surface area contributed by atoms with E-state index in [2.05, 4.69) is 4.18 Å². The maximum Gasteiger partial charge on any atom is 0.333 e. The van der Waals surface area contributed by atoms with Gasteiger partial charge in [0.2, 0.25) is 0 Å². The fourth-order valence-electron chi connectivity index (χ4n) is 2.18.